The molecule has 11 heteroatoms. The summed E-state index contributed by atoms with van der Waals surface area (Å²) in [7, 11) is -2.18. The Morgan fingerprint density at radius 1 is 1.21 bits per heavy atom. The molecule has 1 aliphatic heterocycles. The zero-order valence-electron chi connectivity index (χ0n) is 19.0. The number of nitrogen functional groups attached to an aromatic ring is 1. The molecular weight excluding hydrogens is 468 g/mol. The van der Waals surface area contributed by atoms with Crippen molar-refractivity contribution in [3.63, 3.8) is 0 Å². The van der Waals surface area contributed by atoms with Gasteiger partial charge in [-0.2, -0.15) is 4.31 Å². The zero-order valence-corrected chi connectivity index (χ0v) is 20.6. The van der Waals surface area contributed by atoms with Gasteiger partial charge in [-0.1, -0.05) is 24.3 Å². The lowest BCUT2D eigenvalue weighted by atomic mass is 9.81. The number of esters is 1. The first kappa shape index (κ1) is 27.1. The molecule has 184 valence electrons. The molecule has 9 nitrogen and oxygen atoms in total. The minimum atomic E-state index is -3.46. The molecule has 33 heavy (non-hydrogen) atoms. The molecule has 1 saturated carbocycles. The van der Waals surface area contributed by atoms with Crippen LogP contribution in [0.25, 0.3) is 0 Å². The first-order valence-electron chi connectivity index (χ1n) is 10.9. The Balaban J connectivity index is 0.00000385. The Labute approximate surface area is 201 Å². The van der Waals surface area contributed by atoms with Crippen LogP contribution in [-0.4, -0.2) is 62.4 Å². The molecule has 1 heterocycles. The molecule has 0 radical (unpaired) electrons. The van der Waals surface area contributed by atoms with Crippen LogP contribution in [0.2, 0.25) is 0 Å². The van der Waals surface area contributed by atoms with E-state index in [1.54, 1.807) is 0 Å². The molecule has 0 unspecified atom stereocenters. The molecule has 1 aromatic carbocycles. The van der Waals surface area contributed by atoms with Crippen LogP contribution >= 0.6 is 12.4 Å². The Morgan fingerprint density at radius 3 is 2.33 bits per heavy atom. The van der Waals surface area contributed by atoms with E-state index in [1.165, 1.54) is 23.2 Å². The molecule has 4 N–H and O–H groups in total. The average molecular weight is 501 g/mol. The van der Waals surface area contributed by atoms with E-state index in [0.29, 0.717) is 17.9 Å². The van der Waals surface area contributed by atoms with Crippen molar-refractivity contribution in [3.8, 4) is 0 Å². The standard InChI is InChI=1S/C22H32N4O5S.ClH/c1-31-20(27)12-17-11-18(25-22(17)28)13-26(32(2,29)30)19-9-7-15(8-10-19)14-3-5-16(6-4-14)21(23)24;/h3-6,15,17-19H,7-13H2,1-2H3,(H3,23,24)(H,25,28);1H/t15?,17-,18-,19?;/m0./s1. The van der Waals surface area contributed by atoms with Gasteiger partial charge in [0.2, 0.25) is 15.9 Å². The topological polar surface area (TPSA) is 143 Å². The van der Waals surface area contributed by atoms with Crippen LogP contribution in [0.3, 0.4) is 0 Å². The summed E-state index contributed by atoms with van der Waals surface area (Å²) in [6.45, 7) is 0.213. The summed E-state index contributed by atoms with van der Waals surface area (Å²) in [5, 5.41) is 10.4. The average Bonchev–Trinajstić information content (AvgIpc) is 3.10. The highest BCUT2D eigenvalue weighted by Gasteiger charge is 2.38. The van der Waals surface area contributed by atoms with Crippen molar-refractivity contribution in [1.29, 1.82) is 5.41 Å². The molecular formula is C22H33ClN4O5S. The number of nitrogens with zero attached hydrogens (tertiary/aromatic N) is 1. The van der Waals surface area contributed by atoms with Crippen LogP contribution in [0.5, 0.6) is 0 Å². The van der Waals surface area contributed by atoms with Crippen molar-refractivity contribution in [3.05, 3.63) is 35.4 Å². The molecule has 0 aromatic heterocycles. The highest BCUT2D eigenvalue weighted by molar-refractivity contribution is 7.88. The predicted octanol–water partition coefficient (Wildman–Crippen LogP) is 1.75. The summed E-state index contributed by atoms with van der Waals surface area (Å²) in [5.74, 6) is -0.782. The number of amides is 1. The Hall–Kier alpha value is -2.17. The van der Waals surface area contributed by atoms with Gasteiger partial charge in [-0.3, -0.25) is 15.0 Å². The van der Waals surface area contributed by atoms with Gasteiger partial charge in [-0.05, 0) is 43.6 Å². The van der Waals surface area contributed by atoms with E-state index in [2.05, 4.69) is 10.1 Å². The molecule has 1 saturated heterocycles. The number of nitrogens with two attached hydrogens (primary N) is 1. The van der Waals surface area contributed by atoms with Crippen LogP contribution in [0, 0.1) is 11.3 Å². The Kier molecular flexibility index (Phi) is 9.28. The van der Waals surface area contributed by atoms with E-state index in [9.17, 15) is 18.0 Å². The second kappa shape index (κ2) is 11.3. The fourth-order valence-corrected chi connectivity index (χ4v) is 6.02. The van der Waals surface area contributed by atoms with Gasteiger partial charge in [0, 0.05) is 24.2 Å². The lowest BCUT2D eigenvalue weighted by Crippen LogP contribution is -2.47. The van der Waals surface area contributed by atoms with Crippen LogP contribution < -0.4 is 11.1 Å². The van der Waals surface area contributed by atoms with Crippen molar-refractivity contribution >= 4 is 40.1 Å². The summed E-state index contributed by atoms with van der Waals surface area (Å²) < 4.78 is 31.3. The summed E-state index contributed by atoms with van der Waals surface area (Å²) >= 11 is 0. The minimum absolute atomic E-state index is 0. The number of hydrogen-bond acceptors (Lipinski definition) is 6. The van der Waals surface area contributed by atoms with Gasteiger partial charge in [0.15, 0.2) is 0 Å². The molecule has 3 rings (SSSR count). The molecule has 2 fully saturated rings. The largest absolute Gasteiger partial charge is 0.469 e. The number of halogens is 1. The summed E-state index contributed by atoms with van der Waals surface area (Å²) in [6.07, 6.45) is 4.82. The number of benzene rings is 1. The summed E-state index contributed by atoms with van der Waals surface area (Å²) in [6, 6.07) is 7.25. The molecule has 0 spiro atoms. The van der Waals surface area contributed by atoms with Crippen molar-refractivity contribution in [2.45, 2.75) is 56.5 Å². The maximum absolute atomic E-state index is 12.6. The number of nitrogens with one attached hydrogen (secondary N) is 2. The predicted molar refractivity (Wildman–Crippen MR) is 128 cm³/mol. The SMILES string of the molecule is COC(=O)C[C@@H]1C[C@@H](CN(C2CCC(c3ccc(C(=N)N)cc3)CC2)S(C)(=O)=O)NC1=O.Cl. The number of amidine groups is 1. The third-order valence-corrected chi connectivity index (χ3v) is 7.85. The summed E-state index contributed by atoms with van der Waals surface area (Å²) in [4.78, 5) is 23.7. The van der Waals surface area contributed by atoms with Crippen LogP contribution in [0.4, 0.5) is 0 Å². The monoisotopic (exact) mass is 500 g/mol. The number of carbonyl (C=O) groups is 2. The normalized spacial score (nSPS) is 25.2. The Bertz CT molecular complexity index is 962. The van der Waals surface area contributed by atoms with Gasteiger partial charge >= 0.3 is 5.97 Å². The first-order chi connectivity index (χ1) is 15.1. The highest BCUT2D eigenvalue weighted by atomic mass is 35.5. The van der Waals surface area contributed by atoms with Crippen molar-refractivity contribution in [2.24, 2.45) is 11.7 Å². The van der Waals surface area contributed by atoms with Crippen LogP contribution in [0.1, 0.15) is 55.6 Å². The van der Waals surface area contributed by atoms with Crippen LogP contribution in [0.15, 0.2) is 24.3 Å². The maximum Gasteiger partial charge on any atom is 0.306 e. The first-order valence-corrected chi connectivity index (χ1v) is 12.7. The lowest BCUT2D eigenvalue weighted by Gasteiger charge is -2.36. The second-order valence-corrected chi connectivity index (χ2v) is 10.7. The lowest BCUT2D eigenvalue weighted by molar-refractivity contribution is -0.143. The van der Waals surface area contributed by atoms with E-state index in [4.69, 9.17) is 11.1 Å². The van der Waals surface area contributed by atoms with Gasteiger partial charge in [0.25, 0.3) is 0 Å². The molecule has 2 aliphatic rings. The second-order valence-electron chi connectivity index (χ2n) is 8.79. The van der Waals surface area contributed by atoms with Crippen molar-refractivity contribution in [2.75, 3.05) is 19.9 Å². The van der Waals surface area contributed by atoms with E-state index >= 15 is 0 Å². The fourth-order valence-electron chi connectivity index (χ4n) is 4.81. The van der Waals surface area contributed by atoms with E-state index < -0.39 is 21.9 Å². The van der Waals surface area contributed by atoms with E-state index in [1.807, 2.05) is 24.3 Å². The number of ether oxygens (including phenoxy) is 1. The number of methoxy groups -OCH3 is 1. The smallest absolute Gasteiger partial charge is 0.306 e. The van der Waals surface area contributed by atoms with Gasteiger partial charge in [-0.25, -0.2) is 8.42 Å². The third kappa shape index (κ3) is 6.91. The van der Waals surface area contributed by atoms with Crippen LogP contribution in [-0.2, 0) is 24.3 Å². The molecule has 2 atom stereocenters. The molecule has 1 aromatic rings. The highest BCUT2D eigenvalue weighted by Crippen LogP contribution is 2.36. The van der Waals surface area contributed by atoms with Crippen molar-refractivity contribution < 1.29 is 22.7 Å². The van der Waals surface area contributed by atoms with E-state index in [0.717, 1.165) is 25.7 Å². The van der Waals surface area contributed by atoms with E-state index in [-0.39, 0.29) is 49.2 Å². The maximum atomic E-state index is 12.6. The van der Waals surface area contributed by atoms with Gasteiger partial charge in [0.05, 0.1) is 25.7 Å². The third-order valence-electron chi connectivity index (χ3n) is 6.55. The zero-order chi connectivity index (χ0) is 23.5. The molecule has 1 amide bonds. The Morgan fingerprint density at radius 2 is 1.82 bits per heavy atom. The number of carbonyl (C=O) groups excluding carboxylic acids is 2. The summed E-state index contributed by atoms with van der Waals surface area (Å²) in [5.41, 5.74) is 7.38. The van der Waals surface area contributed by atoms with Gasteiger partial charge < -0.3 is 15.8 Å². The van der Waals surface area contributed by atoms with Gasteiger partial charge in [0.1, 0.15) is 5.84 Å². The fraction of sp³-hybridized carbons (Fsp3) is 0.591. The number of sulfonamides is 1. The van der Waals surface area contributed by atoms with Gasteiger partial charge in [-0.15, -0.1) is 12.4 Å². The molecule has 0 bridgehead atoms. The quantitative estimate of drug-likeness (QED) is 0.282. The number of hydrogen-bond donors (Lipinski definition) is 3. The minimum Gasteiger partial charge on any atom is -0.469 e. The van der Waals surface area contributed by atoms with Crippen molar-refractivity contribution in [1.82, 2.24) is 9.62 Å². The number of rotatable bonds is 8. The molecule has 1 aliphatic carbocycles.